The van der Waals surface area contributed by atoms with Crippen molar-refractivity contribution in [1.29, 1.82) is 0 Å². The quantitative estimate of drug-likeness (QED) is 0.128. The molecule has 3 heterocycles. The van der Waals surface area contributed by atoms with Gasteiger partial charge in [0.25, 0.3) is 0 Å². The van der Waals surface area contributed by atoms with E-state index >= 15 is 0 Å². The van der Waals surface area contributed by atoms with Crippen LogP contribution in [-0.2, 0) is 20.1 Å². The maximum absolute atomic E-state index is 7.54. The van der Waals surface area contributed by atoms with Crippen LogP contribution < -0.4 is 0 Å². The minimum Gasteiger partial charge on any atom is -0.304 e. The van der Waals surface area contributed by atoms with Gasteiger partial charge in [0.1, 0.15) is 0 Å². The van der Waals surface area contributed by atoms with E-state index in [0.717, 1.165) is 17.1 Å². The van der Waals surface area contributed by atoms with Crippen LogP contribution in [0.1, 0.15) is 29.0 Å². The molecule has 0 fully saturated rings. The summed E-state index contributed by atoms with van der Waals surface area (Å²) in [5.74, 6) is 0. The van der Waals surface area contributed by atoms with Crippen LogP contribution in [0.5, 0.6) is 0 Å². The molecule has 0 atom stereocenters. The average molecular weight is 808 g/mol. The number of nitrogens with zero attached hydrogens (tertiary/aromatic N) is 2. The van der Waals surface area contributed by atoms with Crippen molar-refractivity contribution in [1.82, 2.24) is 9.97 Å². The number of aryl methyl sites for hydroxylation is 3. The van der Waals surface area contributed by atoms with Gasteiger partial charge in [-0.1, -0.05) is 114 Å². The number of pyridine rings is 2. The van der Waals surface area contributed by atoms with Gasteiger partial charge in [0, 0.05) is 49.5 Å². The van der Waals surface area contributed by atoms with Crippen molar-refractivity contribution in [3.05, 3.63) is 156 Å². The fourth-order valence-corrected chi connectivity index (χ4v) is 7.41. The number of benzene rings is 6. The molecule has 4 heteroatoms. The zero-order valence-corrected chi connectivity index (χ0v) is 28.0. The summed E-state index contributed by atoms with van der Waals surface area (Å²) in [5, 5.41) is 8.64. The molecule has 0 amide bonds. The van der Waals surface area contributed by atoms with Crippen LogP contribution in [0, 0.1) is 32.7 Å². The Morgan fingerprint density at radius 1 is 0.638 bits per heavy atom. The summed E-state index contributed by atoms with van der Waals surface area (Å²) in [6, 6.07) is 44.0. The number of hydrogen-bond acceptors (Lipinski definition) is 3. The zero-order chi connectivity index (χ0) is 38.7. The van der Waals surface area contributed by atoms with Gasteiger partial charge in [-0.25, -0.2) is 0 Å². The number of rotatable bonds is 2. The second kappa shape index (κ2) is 12.8. The van der Waals surface area contributed by atoms with Crippen LogP contribution in [0.25, 0.3) is 75.0 Å². The Labute approximate surface area is 304 Å². The van der Waals surface area contributed by atoms with Crippen molar-refractivity contribution in [2.45, 2.75) is 20.6 Å². The Morgan fingerprint density at radius 2 is 1.45 bits per heavy atom. The molecular weight excluding hydrogens is 769 g/mol. The molecule has 0 aliphatic carbocycles. The molecule has 0 aliphatic rings. The Balaban J connectivity index is 0.000000175. The second-order valence-corrected chi connectivity index (χ2v) is 12.0. The van der Waals surface area contributed by atoms with E-state index in [4.69, 9.17) is 17.3 Å². The molecule has 229 valence electrons. The molecule has 3 aromatic heterocycles. The molecule has 0 bridgehead atoms. The Bertz CT molecular complexity index is 2850. The van der Waals surface area contributed by atoms with Crippen LogP contribution in [0.3, 0.4) is 0 Å². The van der Waals surface area contributed by atoms with Crippen molar-refractivity contribution in [2.24, 2.45) is 0 Å². The van der Waals surface area contributed by atoms with E-state index in [-0.39, 0.29) is 42.5 Å². The summed E-state index contributed by atoms with van der Waals surface area (Å²) in [5.41, 5.74) is 3.63. The number of thiophene rings is 1. The molecule has 0 saturated heterocycles. The average Bonchev–Trinajstić information content (AvgIpc) is 3.56. The van der Waals surface area contributed by atoms with Gasteiger partial charge < -0.3 is 9.97 Å². The predicted octanol–water partition coefficient (Wildman–Crippen LogP) is 11.8. The van der Waals surface area contributed by atoms with Crippen molar-refractivity contribution in [3.8, 4) is 22.4 Å². The maximum atomic E-state index is 7.54. The Kier molecular flexibility index (Phi) is 5.98. The minimum atomic E-state index is -2.61. The third-order valence-electron chi connectivity index (χ3n) is 8.20. The summed E-state index contributed by atoms with van der Waals surface area (Å²) in [4.78, 5) is 8.76. The predicted molar refractivity (Wildman–Crippen MR) is 197 cm³/mol. The van der Waals surface area contributed by atoms with Gasteiger partial charge in [0.05, 0.1) is 0 Å². The third kappa shape index (κ3) is 5.53. The standard InChI is InChI=1S/C29H16NS.C14H14N.Ir/c1-2-8-18(9-3-1)19-12-6-13-23-24-15-16-25-26(29(24)31-28(19)23)21-11-5-4-10-20(21)22-14-7-17-30-27(22)25;1-10-4-6-13(7-5-10)14-8-11(2)12(3)9-15-14;/h1-15,17H;4-6,8-9H,1-3H3;/q2*-1;/i;1D3,2D3,3D3;. The first-order chi connectivity index (χ1) is 26.2. The fraction of sp³-hybridized carbons (Fsp3) is 0.0698. The van der Waals surface area contributed by atoms with E-state index < -0.39 is 20.6 Å². The van der Waals surface area contributed by atoms with E-state index in [1.165, 1.54) is 77.1 Å². The number of aromatic nitrogens is 2. The molecule has 2 nitrogen and oxygen atoms in total. The topological polar surface area (TPSA) is 25.8 Å². The molecule has 9 rings (SSSR count). The molecule has 0 saturated carbocycles. The summed E-state index contributed by atoms with van der Waals surface area (Å²) in [7, 11) is 0. The van der Waals surface area contributed by atoms with E-state index in [9.17, 15) is 0 Å². The second-order valence-electron chi connectivity index (χ2n) is 11.0. The van der Waals surface area contributed by atoms with Gasteiger partial charge >= 0.3 is 0 Å². The van der Waals surface area contributed by atoms with Crippen LogP contribution in [0.4, 0.5) is 0 Å². The largest absolute Gasteiger partial charge is 0.304 e. The van der Waals surface area contributed by atoms with Gasteiger partial charge in [-0.2, -0.15) is 11.3 Å². The summed E-state index contributed by atoms with van der Waals surface area (Å²) < 4.78 is 69.5. The number of fused-ring (bicyclic) bond motifs is 10. The maximum Gasteiger partial charge on any atom is 0.0324 e. The monoisotopic (exact) mass is 808 g/mol. The van der Waals surface area contributed by atoms with Gasteiger partial charge in [-0.3, -0.25) is 0 Å². The van der Waals surface area contributed by atoms with E-state index in [1.54, 1.807) is 0 Å². The van der Waals surface area contributed by atoms with Gasteiger partial charge in [-0.05, 0) is 68.5 Å². The van der Waals surface area contributed by atoms with Crippen molar-refractivity contribution >= 4 is 64.0 Å². The summed E-state index contributed by atoms with van der Waals surface area (Å²) in [6.07, 6.45) is 2.91. The smallest absolute Gasteiger partial charge is 0.0324 e. The zero-order valence-electron chi connectivity index (χ0n) is 33.8. The first kappa shape index (κ1) is 22.0. The van der Waals surface area contributed by atoms with E-state index in [0.29, 0.717) is 5.56 Å². The third-order valence-corrected chi connectivity index (χ3v) is 9.47. The van der Waals surface area contributed by atoms with Crippen molar-refractivity contribution in [3.63, 3.8) is 0 Å². The van der Waals surface area contributed by atoms with Crippen LogP contribution >= 0.6 is 11.3 Å². The molecular formula is C43H30IrN2S-2. The van der Waals surface area contributed by atoms with Crippen LogP contribution in [0.15, 0.2) is 128 Å². The molecule has 0 aliphatic heterocycles. The molecule has 0 spiro atoms. The Morgan fingerprint density at radius 3 is 2.26 bits per heavy atom. The summed E-state index contributed by atoms with van der Waals surface area (Å²) >= 11 is 1.89. The SMILES string of the molecule is [2H]C([2H])([2H])c1c[c-]c(-c2cc(C([2H])([2H])[2H])c(C([2H])([2H])[2H])cn2)cc1.[Ir].[c-]1cc2c3cccc(-c4ccccc4)c3sc2c2c1c1ncccc1c1ccccc12. The van der Waals surface area contributed by atoms with E-state index in [1.807, 2.05) is 23.6 Å². The summed E-state index contributed by atoms with van der Waals surface area (Å²) in [6.45, 7) is -7.47. The first-order valence-electron chi connectivity index (χ1n) is 19.2. The van der Waals surface area contributed by atoms with Crippen LogP contribution in [0.2, 0.25) is 0 Å². The molecule has 47 heavy (non-hydrogen) atoms. The van der Waals surface area contributed by atoms with Gasteiger partial charge in [-0.15, -0.1) is 52.9 Å². The Hall–Kier alpha value is -4.73. The van der Waals surface area contributed by atoms with Crippen molar-refractivity contribution in [2.75, 3.05) is 0 Å². The molecule has 9 aromatic rings. The number of hydrogen-bond donors (Lipinski definition) is 0. The van der Waals surface area contributed by atoms with Gasteiger partial charge in [0.2, 0.25) is 0 Å². The normalized spacial score (nSPS) is 14.8. The molecule has 6 aromatic carbocycles. The van der Waals surface area contributed by atoms with Crippen molar-refractivity contribution < 1.29 is 32.4 Å². The molecule has 1 radical (unpaired) electrons. The van der Waals surface area contributed by atoms with Gasteiger partial charge in [0.15, 0.2) is 0 Å². The first-order valence-corrected chi connectivity index (χ1v) is 15.6. The fourth-order valence-electron chi connectivity index (χ4n) is 6.03. The molecule has 0 unspecified atom stereocenters. The molecule has 0 N–H and O–H groups in total. The van der Waals surface area contributed by atoms with E-state index in [2.05, 4.69) is 102 Å². The minimum absolute atomic E-state index is 0. The van der Waals surface area contributed by atoms with Crippen LogP contribution in [-0.4, -0.2) is 9.97 Å².